The predicted molar refractivity (Wildman–Crippen MR) is 126 cm³/mol. The number of amides is 1. The van der Waals surface area contributed by atoms with Gasteiger partial charge in [-0.15, -0.1) is 0 Å². The van der Waals surface area contributed by atoms with Crippen LogP contribution in [0.5, 0.6) is 0 Å². The zero-order valence-corrected chi connectivity index (χ0v) is 19.1. The zero-order valence-electron chi connectivity index (χ0n) is 16.7. The summed E-state index contributed by atoms with van der Waals surface area (Å²) in [7, 11) is -3.43. The van der Waals surface area contributed by atoms with E-state index in [1.165, 1.54) is 27.1 Å². The second kappa shape index (κ2) is 8.40. The highest BCUT2D eigenvalue weighted by Gasteiger charge is 2.19. The Bertz CT molecular complexity index is 1200. The van der Waals surface area contributed by atoms with Crippen molar-refractivity contribution < 1.29 is 13.2 Å². The fourth-order valence-electron chi connectivity index (χ4n) is 4.05. The standard InChI is InChI=1S/C23H23BrN2O3S/c1-30(28,29)26(19-12-10-18(24)11-13-19)15-3-6-22(27)25-21-14-9-17-8-7-16-4-2-5-20(21)23(16)17/h2,4-5,9-14H,3,6-8,15H2,1H3,(H,25,27). The lowest BCUT2D eigenvalue weighted by molar-refractivity contribution is -0.116. The quantitative estimate of drug-likeness (QED) is 0.517. The molecule has 5 nitrogen and oxygen atoms in total. The van der Waals surface area contributed by atoms with Crippen LogP contribution in [0.15, 0.2) is 59.1 Å². The Hall–Kier alpha value is -2.38. The molecule has 1 aliphatic rings. The van der Waals surface area contributed by atoms with Crippen molar-refractivity contribution in [1.82, 2.24) is 0 Å². The Morgan fingerprint density at radius 2 is 1.73 bits per heavy atom. The van der Waals surface area contributed by atoms with Gasteiger partial charge >= 0.3 is 0 Å². The van der Waals surface area contributed by atoms with Crippen LogP contribution in [0.4, 0.5) is 11.4 Å². The number of hydrogen-bond donors (Lipinski definition) is 1. The van der Waals surface area contributed by atoms with Crippen molar-refractivity contribution in [3.05, 3.63) is 70.2 Å². The van der Waals surface area contributed by atoms with Crippen LogP contribution in [-0.2, 0) is 27.7 Å². The lowest BCUT2D eigenvalue weighted by atomic mass is 10.0. The number of aryl methyl sites for hydroxylation is 2. The molecule has 156 valence electrons. The molecule has 1 amide bonds. The maximum absolute atomic E-state index is 12.6. The predicted octanol–water partition coefficient (Wildman–Crippen LogP) is 4.89. The van der Waals surface area contributed by atoms with E-state index in [1.807, 2.05) is 18.2 Å². The van der Waals surface area contributed by atoms with Gasteiger partial charge in [0.15, 0.2) is 0 Å². The van der Waals surface area contributed by atoms with Crippen molar-refractivity contribution in [3.8, 4) is 0 Å². The molecule has 0 aromatic heterocycles. The number of sulfonamides is 1. The number of anilines is 2. The molecule has 0 fully saturated rings. The third kappa shape index (κ3) is 4.37. The van der Waals surface area contributed by atoms with Crippen LogP contribution >= 0.6 is 15.9 Å². The molecular formula is C23H23BrN2O3S. The van der Waals surface area contributed by atoms with Gasteiger partial charge in [-0.1, -0.05) is 40.2 Å². The highest BCUT2D eigenvalue weighted by molar-refractivity contribution is 9.10. The summed E-state index contributed by atoms with van der Waals surface area (Å²) in [6, 6.07) is 17.4. The third-order valence-electron chi connectivity index (χ3n) is 5.43. The van der Waals surface area contributed by atoms with Gasteiger partial charge < -0.3 is 5.32 Å². The molecule has 0 heterocycles. The minimum absolute atomic E-state index is 0.113. The van der Waals surface area contributed by atoms with Gasteiger partial charge in [0.2, 0.25) is 15.9 Å². The van der Waals surface area contributed by atoms with Gasteiger partial charge in [0.25, 0.3) is 0 Å². The van der Waals surface area contributed by atoms with Crippen molar-refractivity contribution in [2.24, 2.45) is 0 Å². The molecule has 4 rings (SSSR count). The summed E-state index contributed by atoms with van der Waals surface area (Å²) < 4.78 is 26.6. The topological polar surface area (TPSA) is 66.5 Å². The summed E-state index contributed by atoms with van der Waals surface area (Å²) in [5.74, 6) is -0.113. The van der Waals surface area contributed by atoms with Crippen LogP contribution in [-0.4, -0.2) is 27.1 Å². The van der Waals surface area contributed by atoms with Crippen LogP contribution in [0.1, 0.15) is 24.0 Å². The molecule has 0 saturated heterocycles. The van der Waals surface area contributed by atoms with Gasteiger partial charge in [0.05, 0.1) is 11.9 Å². The maximum atomic E-state index is 12.6. The smallest absolute Gasteiger partial charge is 0.232 e. The molecule has 0 radical (unpaired) electrons. The van der Waals surface area contributed by atoms with Crippen LogP contribution in [0.3, 0.4) is 0 Å². The zero-order chi connectivity index (χ0) is 21.3. The molecule has 0 saturated carbocycles. The first-order valence-electron chi connectivity index (χ1n) is 9.89. The van der Waals surface area contributed by atoms with Crippen molar-refractivity contribution >= 4 is 54.0 Å². The molecule has 0 unspecified atom stereocenters. The lowest BCUT2D eigenvalue weighted by Crippen LogP contribution is -2.31. The van der Waals surface area contributed by atoms with E-state index in [0.29, 0.717) is 12.1 Å². The molecule has 3 aromatic rings. The van der Waals surface area contributed by atoms with E-state index >= 15 is 0 Å². The highest BCUT2D eigenvalue weighted by atomic mass is 79.9. The molecule has 1 aliphatic carbocycles. The van der Waals surface area contributed by atoms with E-state index in [1.54, 1.807) is 24.3 Å². The van der Waals surface area contributed by atoms with Crippen molar-refractivity contribution in [2.75, 3.05) is 22.4 Å². The molecule has 0 spiro atoms. The number of carbonyl (C=O) groups excluding carboxylic acids is 1. The summed E-state index contributed by atoms with van der Waals surface area (Å²) in [5, 5.41) is 5.34. The second-order valence-electron chi connectivity index (χ2n) is 7.58. The van der Waals surface area contributed by atoms with E-state index in [-0.39, 0.29) is 18.9 Å². The Morgan fingerprint density at radius 1 is 1.03 bits per heavy atom. The SMILES string of the molecule is CS(=O)(=O)N(CCCC(=O)Nc1ccc2c3c(cccc13)CC2)c1ccc(Br)cc1. The molecule has 7 heteroatoms. The van der Waals surface area contributed by atoms with Crippen LogP contribution in [0.25, 0.3) is 10.8 Å². The average molecular weight is 487 g/mol. The van der Waals surface area contributed by atoms with E-state index in [2.05, 4.69) is 33.4 Å². The van der Waals surface area contributed by atoms with Gasteiger partial charge in [-0.2, -0.15) is 0 Å². The molecule has 3 aromatic carbocycles. The summed E-state index contributed by atoms with van der Waals surface area (Å²) >= 11 is 3.36. The largest absolute Gasteiger partial charge is 0.326 e. The fraction of sp³-hybridized carbons (Fsp3) is 0.261. The highest BCUT2D eigenvalue weighted by Crippen LogP contribution is 2.35. The normalized spacial score (nSPS) is 12.9. The Morgan fingerprint density at radius 3 is 2.43 bits per heavy atom. The molecule has 0 bridgehead atoms. The van der Waals surface area contributed by atoms with Crippen molar-refractivity contribution in [3.63, 3.8) is 0 Å². The van der Waals surface area contributed by atoms with E-state index in [0.717, 1.165) is 28.4 Å². The summed E-state index contributed by atoms with van der Waals surface area (Å²) in [4.78, 5) is 12.6. The number of hydrogen-bond acceptors (Lipinski definition) is 3. The van der Waals surface area contributed by atoms with Gasteiger partial charge in [-0.05, 0) is 66.1 Å². The molecule has 0 atom stereocenters. The van der Waals surface area contributed by atoms with Crippen LogP contribution < -0.4 is 9.62 Å². The minimum Gasteiger partial charge on any atom is -0.326 e. The molecule has 0 aliphatic heterocycles. The van der Waals surface area contributed by atoms with Crippen LogP contribution in [0.2, 0.25) is 0 Å². The third-order valence-corrected chi connectivity index (χ3v) is 7.15. The average Bonchev–Trinajstić information content (AvgIpc) is 3.12. The Kier molecular flexibility index (Phi) is 5.84. The minimum atomic E-state index is -3.43. The number of halogens is 1. The number of nitrogens with zero attached hydrogens (tertiary/aromatic N) is 1. The Balaban J connectivity index is 1.43. The number of carbonyl (C=O) groups is 1. The second-order valence-corrected chi connectivity index (χ2v) is 10.4. The monoisotopic (exact) mass is 486 g/mol. The maximum Gasteiger partial charge on any atom is 0.232 e. The van der Waals surface area contributed by atoms with E-state index < -0.39 is 10.0 Å². The first kappa shape index (κ1) is 20.9. The van der Waals surface area contributed by atoms with E-state index in [9.17, 15) is 13.2 Å². The Labute approximate surface area is 185 Å². The van der Waals surface area contributed by atoms with Gasteiger partial charge in [-0.25, -0.2) is 8.42 Å². The number of nitrogens with one attached hydrogen (secondary N) is 1. The molecular weight excluding hydrogens is 464 g/mol. The number of rotatable bonds is 7. The molecule has 30 heavy (non-hydrogen) atoms. The van der Waals surface area contributed by atoms with Crippen molar-refractivity contribution in [2.45, 2.75) is 25.7 Å². The first-order chi connectivity index (χ1) is 14.3. The molecule has 1 N–H and O–H groups in total. The van der Waals surface area contributed by atoms with Gasteiger partial charge in [0, 0.05) is 28.5 Å². The van der Waals surface area contributed by atoms with E-state index in [4.69, 9.17) is 0 Å². The summed E-state index contributed by atoms with van der Waals surface area (Å²) in [5.41, 5.74) is 4.07. The van der Waals surface area contributed by atoms with Gasteiger partial charge in [0.1, 0.15) is 0 Å². The van der Waals surface area contributed by atoms with Gasteiger partial charge in [-0.3, -0.25) is 9.10 Å². The lowest BCUT2D eigenvalue weighted by Gasteiger charge is -2.22. The number of benzene rings is 3. The summed E-state index contributed by atoms with van der Waals surface area (Å²) in [6.07, 6.45) is 3.94. The first-order valence-corrected chi connectivity index (χ1v) is 12.5. The van der Waals surface area contributed by atoms with Crippen molar-refractivity contribution in [1.29, 1.82) is 0 Å². The fourth-order valence-corrected chi connectivity index (χ4v) is 5.28. The summed E-state index contributed by atoms with van der Waals surface area (Å²) in [6.45, 7) is 0.248. The van der Waals surface area contributed by atoms with Crippen LogP contribution in [0, 0.1) is 0 Å².